The third-order valence-corrected chi connectivity index (χ3v) is 3.04. The van der Waals surface area contributed by atoms with E-state index in [1.165, 1.54) is 0 Å². The summed E-state index contributed by atoms with van der Waals surface area (Å²) in [6.07, 6.45) is 0. The largest absolute Gasteiger partial charge is 0.377 e. The monoisotopic (exact) mass is 292 g/mol. The number of nitrogens with zero attached hydrogens (tertiary/aromatic N) is 1. The molecule has 1 aromatic rings. The van der Waals surface area contributed by atoms with E-state index in [0.717, 1.165) is 16.9 Å². The van der Waals surface area contributed by atoms with Gasteiger partial charge in [0.2, 0.25) is 5.91 Å². The van der Waals surface area contributed by atoms with Gasteiger partial charge in [0.05, 0.1) is 0 Å². The number of carbonyl (C=O) groups excluding carboxylic acids is 2. The van der Waals surface area contributed by atoms with Gasteiger partial charge in [-0.05, 0) is 38.5 Å². The van der Waals surface area contributed by atoms with Gasteiger partial charge in [0.25, 0.3) is 0 Å². The van der Waals surface area contributed by atoms with Crippen molar-refractivity contribution in [2.24, 2.45) is 0 Å². The lowest BCUT2D eigenvalue weighted by molar-refractivity contribution is -0.120. The molecule has 6 nitrogen and oxygen atoms in total. The highest BCUT2D eigenvalue weighted by molar-refractivity contribution is 5.98. The van der Waals surface area contributed by atoms with Gasteiger partial charge in [-0.1, -0.05) is 6.07 Å². The van der Waals surface area contributed by atoms with Crippen LogP contribution in [0.3, 0.4) is 0 Å². The van der Waals surface area contributed by atoms with Gasteiger partial charge >= 0.3 is 6.03 Å². The van der Waals surface area contributed by atoms with Crippen molar-refractivity contribution in [1.29, 1.82) is 0 Å². The van der Waals surface area contributed by atoms with Crippen LogP contribution in [0.2, 0.25) is 0 Å². The van der Waals surface area contributed by atoms with Gasteiger partial charge < -0.3 is 15.5 Å². The summed E-state index contributed by atoms with van der Waals surface area (Å²) in [6, 6.07) is 4.90. The van der Waals surface area contributed by atoms with Crippen LogP contribution in [-0.2, 0) is 4.79 Å². The van der Waals surface area contributed by atoms with Crippen LogP contribution in [0.5, 0.6) is 0 Å². The number of urea groups is 1. The average Bonchev–Trinajstić information content (AvgIpc) is 2.40. The first-order chi connectivity index (χ1) is 9.85. The molecule has 0 fully saturated rings. The maximum absolute atomic E-state index is 11.9. The minimum atomic E-state index is -0.509. The summed E-state index contributed by atoms with van der Waals surface area (Å²) in [4.78, 5) is 25.2. The Bertz CT molecular complexity index is 514. The van der Waals surface area contributed by atoms with E-state index < -0.39 is 12.1 Å². The van der Waals surface area contributed by atoms with Crippen LogP contribution in [0, 0.1) is 6.92 Å². The molecule has 3 amide bonds. The van der Waals surface area contributed by atoms with Crippen molar-refractivity contribution in [3.8, 4) is 0 Å². The van der Waals surface area contributed by atoms with Crippen LogP contribution in [0.15, 0.2) is 18.2 Å². The third kappa shape index (κ3) is 4.98. The Morgan fingerprint density at radius 3 is 2.52 bits per heavy atom. The highest BCUT2D eigenvalue weighted by Gasteiger charge is 2.15. The molecule has 3 N–H and O–H groups in total. The van der Waals surface area contributed by atoms with Crippen LogP contribution in [0.25, 0.3) is 0 Å². The van der Waals surface area contributed by atoms with Crippen LogP contribution >= 0.6 is 0 Å². The van der Waals surface area contributed by atoms with Crippen molar-refractivity contribution in [3.05, 3.63) is 23.8 Å². The Morgan fingerprint density at radius 2 is 1.95 bits per heavy atom. The highest BCUT2D eigenvalue weighted by Crippen LogP contribution is 2.22. The van der Waals surface area contributed by atoms with Crippen molar-refractivity contribution in [2.75, 3.05) is 30.9 Å². The summed E-state index contributed by atoms with van der Waals surface area (Å²) in [7, 11) is 3.94. The van der Waals surface area contributed by atoms with Crippen LogP contribution in [0.1, 0.15) is 19.4 Å². The zero-order valence-electron chi connectivity index (χ0n) is 13.3. The molecule has 0 heterocycles. The van der Waals surface area contributed by atoms with Gasteiger partial charge in [0.1, 0.15) is 6.04 Å². The summed E-state index contributed by atoms with van der Waals surface area (Å²) in [5, 5.41) is 7.90. The number of benzene rings is 1. The Morgan fingerprint density at radius 1 is 1.29 bits per heavy atom. The molecule has 0 saturated heterocycles. The fourth-order valence-electron chi connectivity index (χ4n) is 1.92. The van der Waals surface area contributed by atoms with Crippen LogP contribution < -0.4 is 20.9 Å². The maximum atomic E-state index is 11.9. The molecule has 0 aromatic heterocycles. The van der Waals surface area contributed by atoms with E-state index in [1.807, 2.05) is 44.1 Å². The van der Waals surface area contributed by atoms with Gasteiger partial charge in [0, 0.05) is 32.0 Å². The standard InChI is InChI=1S/C15H24N4O2/c1-6-16-15(21)18-14(20)11(3)17-12-8-7-10(2)13(9-12)19(4)5/h7-9,11,17H,6H2,1-5H3,(H2,16,18,20,21). The second-order valence-electron chi connectivity index (χ2n) is 5.11. The van der Waals surface area contributed by atoms with Crippen molar-refractivity contribution < 1.29 is 9.59 Å². The Balaban J connectivity index is 2.70. The van der Waals surface area contributed by atoms with E-state index >= 15 is 0 Å². The number of amides is 3. The molecule has 116 valence electrons. The fraction of sp³-hybridized carbons (Fsp3) is 0.467. The summed E-state index contributed by atoms with van der Waals surface area (Å²) in [6.45, 7) is 6.01. The number of anilines is 2. The van der Waals surface area contributed by atoms with E-state index in [0.29, 0.717) is 6.54 Å². The van der Waals surface area contributed by atoms with E-state index in [2.05, 4.69) is 16.0 Å². The summed E-state index contributed by atoms with van der Waals surface area (Å²) >= 11 is 0. The van der Waals surface area contributed by atoms with E-state index in [9.17, 15) is 9.59 Å². The fourth-order valence-corrected chi connectivity index (χ4v) is 1.92. The van der Waals surface area contributed by atoms with Gasteiger partial charge in [-0.25, -0.2) is 4.79 Å². The molecule has 0 saturated carbocycles. The lowest BCUT2D eigenvalue weighted by Crippen LogP contribution is -2.45. The molecule has 1 rings (SSSR count). The van der Waals surface area contributed by atoms with E-state index in [1.54, 1.807) is 13.8 Å². The summed E-state index contributed by atoms with van der Waals surface area (Å²) in [5.41, 5.74) is 3.07. The Kier molecular flexibility index (Phi) is 6.02. The van der Waals surface area contributed by atoms with Crippen LogP contribution in [0.4, 0.5) is 16.2 Å². The molecule has 0 spiro atoms. The van der Waals surface area contributed by atoms with Gasteiger partial charge in [-0.15, -0.1) is 0 Å². The molecule has 0 bridgehead atoms. The second kappa shape index (κ2) is 7.52. The summed E-state index contributed by atoms with van der Waals surface area (Å²) < 4.78 is 0. The molecule has 1 unspecified atom stereocenters. The number of hydrogen-bond donors (Lipinski definition) is 3. The number of nitrogens with one attached hydrogen (secondary N) is 3. The van der Waals surface area contributed by atoms with Crippen molar-refractivity contribution in [2.45, 2.75) is 26.8 Å². The predicted octanol–water partition coefficient (Wildman–Crippen LogP) is 1.71. The lowest BCUT2D eigenvalue weighted by Gasteiger charge is -2.19. The normalized spacial score (nSPS) is 11.5. The van der Waals surface area contributed by atoms with Gasteiger partial charge in [0.15, 0.2) is 0 Å². The number of rotatable bonds is 5. The molecule has 0 aliphatic heterocycles. The number of carbonyl (C=O) groups is 2. The highest BCUT2D eigenvalue weighted by atomic mass is 16.2. The molecule has 1 atom stereocenters. The summed E-state index contributed by atoms with van der Waals surface area (Å²) in [5.74, 6) is -0.368. The van der Waals surface area contributed by atoms with E-state index in [4.69, 9.17) is 0 Å². The minimum absolute atomic E-state index is 0.368. The van der Waals surface area contributed by atoms with Gasteiger partial charge in [-0.3, -0.25) is 10.1 Å². The molecular weight excluding hydrogens is 268 g/mol. The van der Waals surface area contributed by atoms with E-state index in [-0.39, 0.29) is 5.91 Å². The Hall–Kier alpha value is -2.24. The maximum Gasteiger partial charge on any atom is 0.321 e. The van der Waals surface area contributed by atoms with Crippen LogP contribution in [-0.4, -0.2) is 38.6 Å². The molecule has 0 aliphatic carbocycles. The predicted molar refractivity (Wildman–Crippen MR) is 85.8 cm³/mol. The topological polar surface area (TPSA) is 73.5 Å². The first-order valence-electron chi connectivity index (χ1n) is 6.98. The van der Waals surface area contributed by atoms with Crippen molar-refractivity contribution in [1.82, 2.24) is 10.6 Å². The zero-order chi connectivity index (χ0) is 16.0. The SMILES string of the molecule is CCNC(=O)NC(=O)C(C)Nc1ccc(C)c(N(C)C)c1. The molecule has 6 heteroatoms. The number of aryl methyl sites for hydroxylation is 1. The number of imide groups is 1. The van der Waals surface area contributed by atoms with Gasteiger partial charge in [-0.2, -0.15) is 0 Å². The quantitative estimate of drug-likeness (QED) is 0.772. The van der Waals surface area contributed by atoms with Crippen molar-refractivity contribution >= 4 is 23.3 Å². The van der Waals surface area contributed by atoms with Crippen molar-refractivity contribution in [3.63, 3.8) is 0 Å². The molecule has 0 radical (unpaired) electrons. The molecule has 21 heavy (non-hydrogen) atoms. The first kappa shape index (κ1) is 16.8. The molecule has 0 aliphatic rings. The Labute approximate surface area is 125 Å². The third-order valence-electron chi connectivity index (χ3n) is 3.04. The smallest absolute Gasteiger partial charge is 0.321 e. The average molecular weight is 292 g/mol. The molecular formula is C15H24N4O2. The minimum Gasteiger partial charge on any atom is -0.377 e. The lowest BCUT2D eigenvalue weighted by atomic mass is 10.1. The zero-order valence-corrected chi connectivity index (χ0v) is 13.3. The first-order valence-corrected chi connectivity index (χ1v) is 6.98. The molecule has 1 aromatic carbocycles. The number of hydrogen-bond acceptors (Lipinski definition) is 4. The second-order valence-corrected chi connectivity index (χ2v) is 5.11.